The standard InChI is InChI=1S/2C21H21O7.2C4H9.Sn/c2*1-24-21-16(22)18(27-19(23)13-8-4-2-5-9-13)17-15(26-21)12-25-20(28-17)14-10-6-3-7-11-14;2*1-3-4-2;/h2*2-11,15-18,20-21H,12H2,1H3;2*1,3-4H2,2H3;/q2*-1;;;+2/t2*15-,16-,17-,18-,20?,21+;;;/m11.../s1. The Morgan fingerprint density at radius 3 is 1.25 bits per heavy atom. The molecule has 12 atom stereocenters. The van der Waals surface area contributed by atoms with Crippen LogP contribution in [0.4, 0.5) is 0 Å². The van der Waals surface area contributed by atoms with E-state index >= 15 is 0 Å². The van der Waals surface area contributed by atoms with Crippen molar-refractivity contribution in [1.82, 2.24) is 0 Å². The molecule has 14 nitrogen and oxygen atoms in total. The van der Waals surface area contributed by atoms with Crippen LogP contribution in [0.15, 0.2) is 121 Å². The van der Waals surface area contributed by atoms with E-state index in [4.69, 9.17) is 53.5 Å². The van der Waals surface area contributed by atoms with Crippen LogP contribution in [0.3, 0.4) is 0 Å². The average molecular weight is 1000 g/mol. The van der Waals surface area contributed by atoms with Gasteiger partial charge in [0.05, 0.1) is 0 Å². The summed E-state index contributed by atoms with van der Waals surface area (Å²) in [5, 5.41) is 0. The van der Waals surface area contributed by atoms with E-state index in [9.17, 15) is 9.59 Å². The predicted octanol–water partition coefficient (Wildman–Crippen LogP) is 8.22. The molecule has 0 aromatic heterocycles. The second-order valence-electron chi connectivity index (χ2n) is 16.7. The molecule has 0 saturated carbocycles. The molecule has 4 aromatic rings. The molecule has 4 heterocycles. The zero-order valence-corrected chi connectivity index (χ0v) is 40.2. The summed E-state index contributed by atoms with van der Waals surface area (Å²) in [6, 6.07) is 36.8. The predicted molar refractivity (Wildman–Crippen MR) is 238 cm³/mol. The Balaban J connectivity index is 1.19. The first kappa shape index (κ1) is 47.7. The molecule has 8 rings (SSSR count). The van der Waals surface area contributed by atoms with Crippen LogP contribution in [0, 0.1) is 0 Å². The zero-order valence-electron chi connectivity index (χ0n) is 37.3. The van der Waals surface area contributed by atoms with Crippen LogP contribution >= 0.6 is 0 Å². The number of esters is 2. The Morgan fingerprint density at radius 1 is 0.523 bits per heavy atom. The molecular weight excluding hydrogens is 943 g/mol. The van der Waals surface area contributed by atoms with Gasteiger partial charge in [-0.05, 0) is 0 Å². The van der Waals surface area contributed by atoms with E-state index in [2.05, 4.69) is 13.8 Å². The summed E-state index contributed by atoms with van der Waals surface area (Å²) < 4.78 is 80.7. The summed E-state index contributed by atoms with van der Waals surface area (Å²) in [5.41, 5.74) is 2.33. The maximum absolute atomic E-state index is 14.1. The summed E-state index contributed by atoms with van der Waals surface area (Å²) in [7, 11) is 3.07. The van der Waals surface area contributed by atoms with Gasteiger partial charge >= 0.3 is 388 Å². The molecule has 4 aliphatic heterocycles. The van der Waals surface area contributed by atoms with E-state index in [1.165, 1.54) is 14.2 Å². The fourth-order valence-electron chi connectivity index (χ4n) is 8.86. The molecule has 15 heteroatoms. The molecule has 4 aromatic carbocycles. The fourth-order valence-corrected chi connectivity index (χ4v) is 20.4. The molecule has 0 N–H and O–H groups in total. The first-order chi connectivity index (χ1) is 31.8. The Kier molecular flexibility index (Phi) is 16.7. The van der Waals surface area contributed by atoms with Gasteiger partial charge in [0.25, 0.3) is 0 Å². The van der Waals surface area contributed by atoms with Crippen molar-refractivity contribution >= 4 is 31.1 Å². The minimum atomic E-state index is -4.73. The summed E-state index contributed by atoms with van der Waals surface area (Å²) >= 11 is -4.73. The van der Waals surface area contributed by atoms with Gasteiger partial charge in [0.15, 0.2) is 0 Å². The maximum atomic E-state index is 14.1. The number of hydrogen-bond acceptors (Lipinski definition) is 14. The van der Waals surface area contributed by atoms with E-state index in [0.717, 1.165) is 36.8 Å². The second-order valence-corrected chi connectivity index (χ2v) is 26.1. The van der Waals surface area contributed by atoms with Gasteiger partial charge in [0, 0.05) is 0 Å². The SMILES string of the molecule is CCC[CH2][Sn]([CH2]CCC)([O][C@H]1[C@@H](OC)O[C@@H]2COC(c3ccccc3)O[C@H]2[C@@H]1OC(=O)c1ccccc1)[O][C@H]1[C@@H](OC)O[C@@H]2COC(c3ccccc3)O[C@H]2[C@@H]1OC(=O)c1ccccc1. The second kappa shape index (κ2) is 22.8. The van der Waals surface area contributed by atoms with E-state index in [0.29, 0.717) is 20.0 Å². The number of carbonyl (C=O) groups is 2. The van der Waals surface area contributed by atoms with Gasteiger partial charge in [-0.15, -0.1) is 0 Å². The van der Waals surface area contributed by atoms with Crippen molar-refractivity contribution in [3.63, 3.8) is 0 Å². The Bertz CT molecular complexity index is 1930. The number of carbonyl (C=O) groups excluding carboxylic acids is 2. The van der Waals surface area contributed by atoms with Gasteiger partial charge < -0.3 is 0 Å². The number of benzene rings is 4. The average Bonchev–Trinajstić information content (AvgIpc) is 3.36. The van der Waals surface area contributed by atoms with E-state index in [1.54, 1.807) is 48.5 Å². The van der Waals surface area contributed by atoms with Crippen LogP contribution in [0.2, 0.25) is 8.87 Å². The van der Waals surface area contributed by atoms with Gasteiger partial charge in [-0.1, -0.05) is 0 Å². The van der Waals surface area contributed by atoms with Crippen molar-refractivity contribution in [2.24, 2.45) is 0 Å². The molecule has 65 heavy (non-hydrogen) atoms. The number of hydrogen-bond donors (Lipinski definition) is 0. The first-order valence-corrected chi connectivity index (χ1v) is 29.1. The Labute approximate surface area is 385 Å². The molecule has 348 valence electrons. The van der Waals surface area contributed by atoms with E-state index in [1.807, 2.05) is 72.8 Å². The summed E-state index contributed by atoms with van der Waals surface area (Å²) in [6.45, 7) is 4.52. The van der Waals surface area contributed by atoms with Crippen LogP contribution in [-0.4, -0.2) is 120 Å². The minimum absolute atomic E-state index is 0.145. The van der Waals surface area contributed by atoms with Crippen LogP contribution in [0.25, 0.3) is 0 Å². The van der Waals surface area contributed by atoms with Crippen molar-refractivity contribution in [2.45, 2.75) is 122 Å². The Morgan fingerprint density at radius 2 is 0.892 bits per heavy atom. The van der Waals surface area contributed by atoms with Gasteiger partial charge in [0.2, 0.25) is 0 Å². The van der Waals surface area contributed by atoms with Crippen molar-refractivity contribution < 1.29 is 63.1 Å². The molecule has 0 bridgehead atoms. The van der Waals surface area contributed by atoms with Crippen molar-refractivity contribution in [3.8, 4) is 0 Å². The molecule has 0 spiro atoms. The number of unbranched alkanes of at least 4 members (excludes halogenated alkanes) is 2. The van der Waals surface area contributed by atoms with E-state index in [-0.39, 0.29) is 13.2 Å². The first-order valence-electron chi connectivity index (χ1n) is 22.7. The third kappa shape index (κ3) is 11.3. The fraction of sp³-hybridized carbons (Fsp3) is 0.480. The van der Waals surface area contributed by atoms with Crippen LogP contribution < -0.4 is 0 Å². The molecule has 4 fully saturated rings. The molecular formula is C50H60O14Sn. The van der Waals surface area contributed by atoms with Crippen molar-refractivity contribution in [2.75, 3.05) is 27.4 Å². The topological polar surface area (TPSA) is 145 Å². The summed E-state index contributed by atoms with van der Waals surface area (Å²) in [5.74, 6) is -1.11. The van der Waals surface area contributed by atoms with Gasteiger partial charge in [-0.25, -0.2) is 0 Å². The number of fused-ring (bicyclic) bond motifs is 2. The van der Waals surface area contributed by atoms with Gasteiger partial charge in [0.1, 0.15) is 0 Å². The monoisotopic (exact) mass is 1000 g/mol. The molecule has 0 amide bonds. The summed E-state index contributed by atoms with van der Waals surface area (Å²) in [6.07, 6.45) is -7.45. The van der Waals surface area contributed by atoms with Crippen molar-refractivity contribution in [3.05, 3.63) is 144 Å². The molecule has 0 aliphatic carbocycles. The van der Waals surface area contributed by atoms with Gasteiger partial charge in [-0.2, -0.15) is 0 Å². The molecule has 0 radical (unpaired) electrons. The molecule has 4 aliphatic rings. The molecule has 2 unspecified atom stereocenters. The van der Waals surface area contributed by atoms with Crippen LogP contribution in [-0.2, 0) is 53.5 Å². The third-order valence-electron chi connectivity index (χ3n) is 12.2. The van der Waals surface area contributed by atoms with E-state index < -0.39 is 105 Å². The number of ether oxygens (including phenoxy) is 10. The third-order valence-corrected chi connectivity index (χ3v) is 22.6. The molecule has 4 saturated heterocycles. The quantitative estimate of drug-likeness (QED) is 0.0697. The number of rotatable bonds is 18. The van der Waals surface area contributed by atoms with Gasteiger partial charge in [-0.3, -0.25) is 0 Å². The Hall–Kier alpha value is -3.78. The summed E-state index contributed by atoms with van der Waals surface area (Å²) in [4.78, 5) is 28.3. The van der Waals surface area contributed by atoms with Crippen LogP contribution in [0.5, 0.6) is 0 Å². The normalized spacial score (nSPS) is 30.1. The zero-order chi connectivity index (χ0) is 45.2. The van der Waals surface area contributed by atoms with Crippen molar-refractivity contribution in [1.29, 1.82) is 0 Å². The van der Waals surface area contributed by atoms with Crippen LogP contribution in [0.1, 0.15) is 84.0 Å². The number of methoxy groups -OCH3 is 2.